The molecule has 0 atom stereocenters. The molecule has 1 aromatic heterocycles. The molecule has 2 N–H and O–H groups in total. The fraction of sp³-hybridized carbons (Fsp3) is 0.714. The van der Waals surface area contributed by atoms with Gasteiger partial charge in [0.25, 0.3) is 0 Å². The van der Waals surface area contributed by atoms with Crippen molar-refractivity contribution in [3.05, 3.63) is 16.8 Å². The van der Waals surface area contributed by atoms with Gasteiger partial charge >= 0.3 is 0 Å². The van der Waals surface area contributed by atoms with Crippen molar-refractivity contribution in [1.82, 2.24) is 10.2 Å². The van der Waals surface area contributed by atoms with Gasteiger partial charge in [-0.15, -0.1) is 5.10 Å². The van der Waals surface area contributed by atoms with E-state index in [2.05, 4.69) is 24.0 Å². The summed E-state index contributed by atoms with van der Waals surface area (Å²) in [6.45, 7) is 5.44. The Morgan fingerprint density at radius 3 is 2.50 bits per heavy atom. The molecule has 0 aliphatic heterocycles. The van der Waals surface area contributed by atoms with Gasteiger partial charge in [0.05, 0.1) is 12.3 Å². The third kappa shape index (κ3) is 2.99. The first kappa shape index (κ1) is 13.3. The van der Waals surface area contributed by atoms with E-state index in [1.807, 2.05) is 0 Å². The fourth-order valence-electron chi connectivity index (χ4n) is 2.29. The number of ether oxygens (including phenoxy) is 1. The predicted molar refractivity (Wildman–Crippen MR) is 71.5 cm³/mol. The number of aryl methyl sites for hydroxylation is 1. The molecule has 1 saturated carbocycles. The fourth-order valence-corrected chi connectivity index (χ4v) is 2.29. The largest absolute Gasteiger partial charge is 0.476 e. The minimum Gasteiger partial charge on any atom is -0.476 e. The van der Waals surface area contributed by atoms with E-state index in [9.17, 15) is 0 Å². The molecule has 0 bridgehead atoms. The highest BCUT2D eigenvalue weighted by Crippen LogP contribution is 2.32. The Morgan fingerprint density at radius 1 is 1.17 bits per heavy atom. The van der Waals surface area contributed by atoms with E-state index in [1.54, 1.807) is 0 Å². The minimum atomic E-state index is 0.477. The topological polar surface area (TPSA) is 61.0 Å². The monoisotopic (exact) mass is 249 g/mol. The summed E-state index contributed by atoms with van der Waals surface area (Å²) >= 11 is 0. The maximum Gasteiger partial charge on any atom is 0.238 e. The molecule has 1 aliphatic rings. The highest BCUT2D eigenvalue weighted by atomic mass is 16.5. The van der Waals surface area contributed by atoms with E-state index in [0.717, 1.165) is 43.0 Å². The Balaban J connectivity index is 2.11. The lowest BCUT2D eigenvalue weighted by atomic mass is 10.0. The molecule has 4 heteroatoms. The summed E-state index contributed by atoms with van der Waals surface area (Å²) in [5.41, 5.74) is 9.16. The Labute approximate surface area is 109 Å². The molecule has 1 heterocycles. The summed E-state index contributed by atoms with van der Waals surface area (Å²) in [4.78, 5) is 0. The van der Waals surface area contributed by atoms with Gasteiger partial charge in [-0.05, 0) is 30.7 Å². The second kappa shape index (κ2) is 6.14. The van der Waals surface area contributed by atoms with Crippen LogP contribution < -0.4 is 10.5 Å². The molecule has 4 nitrogen and oxygen atoms in total. The number of hydrogen-bond acceptors (Lipinski definition) is 4. The lowest BCUT2D eigenvalue weighted by molar-refractivity contribution is 0.284. The van der Waals surface area contributed by atoms with E-state index in [-0.39, 0.29) is 0 Å². The Kier molecular flexibility index (Phi) is 4.53. The molecule has 0 spiro atoms. The maximum atomic E-state index is 5.85. The molecule has 0 saturated heterocycles. The van der Waals surface area contributed by atoms with Crippen LogP contribution in [0, 0.1) is 5.92 Å². The van der Waals surface area contributed by atoms with Crippen LogP contribution in [0.15, 0.2) is 0 Å². The molecule has 0 unspecified atom stereocenters. The zero-order chi connectivity index (χ0) is 13.0. The van der Waals surface area contributed by atoms with Crippen LogP contribution in [0.1, 0.15) is 49.9 Å². The number of rotatable bonds is 7. The summed E-state index contributed by atoms with van der Waals surface area (Å²) in [5.74, 6) is 1.52. The van der Waals surface area contributed by atoms with Crippen LogP contribution in [0.2, 0.25) is 0 Å². The van der Waals surface area contributed by atoms with Gasteiger partial charge in [-0.3, -0.25) is 0 Å². The van der Waals surface area contributed by atoms with Crippen LogP contribution in [0.5, 0.6) is 5.88 Å². The van der Waals surface area contributed by atoms with Crippen LogP contribution in [0.4, 0.5) is 0 Å². The molecular weight excluding hydrogens is 226 g/mol. The minimum absolute atomic E-state index is 0.477. The van der Waals surface area contributed by atoms with Gasteiger partial charge in [-0.2, -0.15) is 5.10 Å². The lowest BCUT2D eigenvalue weighted by Gasteiger charge is -2.14. The quantitative estimate of drug-likeness (QED) is 0.805. The van der Waals surface area contributed by atoms with Crippen LogP contribution in [-0.2, 0) is 19.4 Å². The van der Waals surface area contributed by atoms with Crippen LogP contribution in [0.25, 0.3) is 0 Å². The second-order valence-electron chi connectivity index (χ2n) is 4.90. The Hall–Kier alpha value is -1.16. The average Bonchev–Trinajstić information content (AvgIpc) is 3.21. The number of hydrogen-bond donors (Lipinski definition) is 1. The van der Waals surface area contributed by atoms with Crippen LogP contribution >= 0.6 is 0 Å². The highest BCUT2D eigenvalue weighted by Gasteiger charge is 2.21. The first-order chi connectivity index (χ1) is 8.80. The normalized spacial score (nSPS) is 14.8. The number of aromatic nitrogens is 2. The van der Waals surface area contributed by atoms with Crippen molar-refractivity contribution in [3.8, 4) is 5.88 Å². The van der Waals surface area contributed by atoms with Gasteiger partial charge in [-0.25, -0.2) is 0 Å². The molecule has 0 radical (unpaired) electrons. The standard InChI is InChI=1S/C14H23N3O/c1-3-11-12(9-15)14(17-16-13(11)4-2)18-8-7-10-5-6-10/h10H,3-9,15H2,1-2H3. The van der Waals surface area contributed by atoms with Gasteiger partial charge < -0.3 is 10.5 Å². The van der Waals surface area contributed by atoms with Crippen LogP contribution in [0.3, 0.4) is 0 Å². The van der Waals surface area contributed by atoms with Crippen molar-refractivity contribution in [1.29, 1.82) is 0 Å². The molecule has 18 heavy (non-hydrogen) atoms. The molecular formula is C14H23N3O. The third-order valence-corrected chi connectivity index (χ3v) is 3.59. The molecule has 1 fully saturated rings. The van der Waals surface area contributed by atoms with Gasteiger partial charge in [-0.1, -0.05) is 26.7 Å². The molecule has 100 valence electrons. The zero-order valence-corrected chi connectivity index (χ0v) is 11.4. The number of nitrogens with zero attached hydrogens (tertiary/aromatic N) is 2. The lowest BCUT2D eigenvalue weighted by Crippen LogP contribution is -2.12. The van der Waals surface area contributed by atoms with Gasteiger partial charge in [0.1, 0.15) is 0 Å². The molecule has 1 aromatic rings. The van der Waals surface area contributed by atoms with E-state index in [4.69, 9.17) is 10.5 Å². The molecule has 0 amide bonds. The van der Waals surface area contributed by atoms with Crippen LogP contribution in [-0.4, -0.2) is 16.8 Å². The first-order valence-corrected chi connectivity index (χ1v) is 7.00. The van der Waals surface area contributed by atoms with Gasteiger partial charge in [0.15, 0.2) is 0 Å². The summed E-state index contributed by atoms with van der Waals surface area (Å²) in [6.07, 6.45) is 5.67. The average molecular weight is 249 g/mol. The van der Waals surface area contributed by atoms with Gasteiger partial charge in [0, 0.05) is 12.1 Å². The van der Waals surface area contributed by atoms with Crippen molar-refractivity contribution >= 4 is 0 Å². The maximum absolute atomic E-state index is 5.85. The highest BCUT2D eigenvalue weighted by molar-refractivity contribution is 5.36. The molecule has 2 rings (SSSR count). The van der Waals surface area contributed by atoms with Crippen molar-refractivity contribution in [2.45, 2.75) is 52.5 Å². The summed E-state index contributed by atoms with van der Waals surface area (Å²) < 4.78 is 5.77. The second-order valence-corrected chi connectivity index (χ2v) is 4.90. The Bertz CT molecular complexity index is 402. The van der Waals surface area contributed by atoms with E-state index >= 15 is 0 Å². The van der Waals surface area contributed by atoms with E-state index < -0.39 is 0 Å². The van der Waals surface area contributed by atoms with Crippen molar-refractivity contribution in [2.24, 2.45) is 11.7 Å². The third-order valence-electron chi connectivity index (χ3n) is 3.59. The van der Waals surface area contributed by atoms with Gasteiger partial charge in [0.2, 0.25) is 5.88 Å². The SMILES string of the molecule is CCc1nnc(OCCC2CC2)c(CN)c1CC. The van der Waals surface area contributed by atoms with E-state index in [0.29, 0.717) is 12.4 Å². The zero-order valence-electron chi connectivity index (χ0n) is 11.4. The smallest absolute Gasteiger partial charge is 0.238 e. The van der Waals surface area contributed by atoms with Crippen molar-refractivity contribution in [3.63, 3.8) is 0 Å². The molecule has 0 aromatic carbocycles. The number of nitrogens with two attached hydrogens (primary N) is 1. The first-order valence-electron chi connectivity index (χ1n) is 7.00. The predicted octanol–water partition coefficient (Wildman–Crippen LogP) is 2.24. The van der Waals surface area contributed by atoms with Crippen molar-refractivity contribution in [2.75, 3.05) is 6.61 Å². The summed E-state index contributed by atoms with van der Waals surface area (Å²) in [7, 11) is 0. The molecule has 1 aliphatic carbocycles. The summed E-state index contributed by atoms with van der Waals surface area (Å²) in [5, 5.41) is 8.45. The van der Waals surface area contributed by atoms with E-state index in [1.165, 1.54) is 18.4 Å². The van der Waals surface area contributed by atoms with Crippen molar-refractivity contribution < 1.29 is 4.74 Å². The Morgan fingerprint density at radius 2 is 1.94 bits per heavy atom. The summed E-state index contributed by atoms with van der Waals surface area (Å²) in [6, 6.07) is 0.